The van der Waals surface area contributed by atoms with Gasteiger partial charge < -0.3 is 5.32 Å². The lowest BCUT2D eigenvalue weighted by Crippen LogP contribution is -2.44. The molecule has 2 atom stereocenters. The summed E-state index contributed by atoms with van der Waals surface area (Å²) >= 11 is 0. The van der Waals surface area contributed by atoms with E-state index in [0.717, 1.165) is 5.92 Å². The molecule has 1 nitrogen and oxygen atoms in total. The van der Waals surface area contributed by atoms with Gasteiger partial charge in [-0.05, 0) is 50.0 Å². The van der Waals surface area contributed by atoms with Crippen LogP contribution in [0.15, 0.2) is 30.3 Å². The van der Waals surface area contributed by atoms with E-state index in [0.29, 0.717) is 12.1 Å². The Kier molecular flexibility index (Phi) is 4.67. The first-order valence-electron chi connectivity index (χ1n) is 7.80. The second-order valence-corrected chi connectivity index (χ2v) is 7.00. The number of rotatable bonds is 6. The third-order valence-corrected chi connectivity index (χ3v) is 4.78. The third kappa shape index (κ3) is 3.82. The zero-order chi connectivity index (χ0) is 13.9. The fourth-order valence-corrected chi connectivity index (χ4v) is 3.36. The number of benzene rings is 1. The van der Waals surface area contributed by atoms with Gasteiger partial charge in [0, 0.05) is 12.1 Å². The minimum absolute atomic E-state index is 0.243. The molecule has 0 spiro atoms. The molecule has 0 amide bonds. The summed E-state index contributed by atoms with van der Waals surface area (Å²) < 4.78 is 0. The normalized spacial score (nSPS) is 19.8. The molecule has 1 heteroatoms. The molecule has 2 rings (SSSR count). The van der Waals surface area contributed by atoms with Crippen LogP contribution >= 0.6 is 0 Å². The minimum Gasteiger partial charge on any atom is -0.311 e. The Balaban J connectivity index is 1.88. The van der Waals surface area contributed by atoms with Crippen molar-refractivity contribution in [3.63, 3.8) is 0 Å². The third-order valence-electron chi connectivity index (χ3n) is 4.78. The predicted octanol–water partition coefficient (Wildman–Crippen LogP) is 4.52. The molecule has 0 heterocycles. The maximum Gasteiger partial charge on any atom is 0.00694 e. The van der Waals surface area contributed by atoms with E-state index >= 15 is 0 Å². The molecule has 0 saturated heterocycles. The van der Waals surface area contributed by atoms with Gasteiger partial charge in [-0.3, -0.25) is 0 Å². The number of hydrogen-bond donors (Lipinski definition) is 1. The van der Waals surface area contributed by atoms with Crippen LogP contribution in [0.5, 0.6) is 0 Å². The lowest BCUT2D eigenvalue weighted by atomic mass is 9.77. The maximum absolute atomic E-state index is 3.81. The van der Waals surface area contributed by atoms with Crippen LogP contribution in [0.1, 0.15) is 58.9 Å². The lowest BCUT2D eigenvalue weighted by molar-refractivity contribution is 0.219. The van der Waals surface area contributed by atoms with Gasteiger partial charge >= 0.3 is 0 Å². The first kappa shape index (κ1) is 14.6. The number of hydrogen-bond acceptors (Lipinski definition) is 1. The second kappa shape index (κ2) is 6.09. The van der Waals surface area contributed by atoms with Crippen molar-refractivity contribution in [3.8, 4) is 0 Å². The van der Waals surface area contributed by atoms with Crippen LogP contribution in [0.25, 0.3) is 0 Å². The van der Waals surface area contributed by atoms with Gasteiger partial charge in [0.2, 0.25) is 0 Å². The van der Waals surface area contributed by atoms with Gasteiger partial charge in [0.15, 0.2) is 0 Å². The Morgan fingerprint density at radius 2 is 1.79 bits per heavy atom. The Hall–Kier alpha value is -0.820. The monoisotopic (exact) mass is 259 g/mol. The van der Waals surface area contributed by atoms with Gasteiger partial charge in [0.25, 0.3) is 0 Å². The highest BCUT2D eigenvalue weighted by molar-refractivity contribution is 5.23. The molecule has 1 aromatic carbocycles. The van der Waals surface area contributed by atoms with Gasteiger partial charge in [-0.25, -0.2) is 0 Å². The summed E-state index contributed by atoms with van der Waals surface area (Å²) in [7, 11) is 0. The fraction of sp³-hybridized carbons (Fsp3) is 0.667. The molecule has 1 saturated carbocycles. The van der Waals surface area contributed by atoms with Crippen LogP contribution < -0.4 is 5.32 Å². The Morgan fingerprint density at radius 3 is 2.32 bits per heavy atom. The largest absolute Gasteiger partial charge is 0.311 e. The van der Waals surface area contributed by atoms with E-state index < -0.39 is 0 Å². The summed E-state index contributed by atoms with van der Waals surface area (Å²) in [6, 6.07) is 12.1. The molecular weight excluding hydrogens is 230 g/mol. The summed E-state index contributed by atoms with van der Waals surface area (Å²) in [4.78, 5) is 0. The molecule has 1 aliphatic carbocycles. The van der Waals surface area contributed by atoms with Gasteiger partial charge in [-0.15, -0.1) is 0 Å². The average Bonchev–Trinajstić information content (AvgIpc) is 2.26. The zero-order valence-corrected chi connectivity index (χ0v) is 12.9. The molecule has 1 aliphatic rings. The highest BCUT2D eigenvalue weighted by Gasteiger charge is 2.27. The van der Waals surface area contributed by atoms with Crippen molar-refractivity contribution in [3.05, 3.63) is 35.9 Å². The zero-order valence-electron chi connectivity index (χ0n) is 12.9. The van der Waals surface area contributed by atoms with E-state index in [1.165, 1.54) is 31.2 Å². The summed E-state index contributed by atoms with van der Waals surface area (Å²) in [6.07, 6.45) is 5.46. The van der Waals surface area contributed by atoms with E-state index in [9.17, 15) is 0 Å². The van der Waals surface area contributed by atoms with Crippen LogP contribution in [0.3, 0.4) is 0 Å². The summed E-state index contributed by atoms with van der Waals surface area (Å²) in [5.74, 6) is 0.919. The Morgan fingerprint density at radius 1 is 1.16 bits per heavy atom. The van der Waals surface area contributed by atoms with Crippen molar-refractivity contribution in [1.29, 1.82) is 0 Å². The van der Waals surface area contributed by atoms with Crippen LogP contribution in [0.4, 0.5) is 0 Å². The topological polar surface area (TPSA) is 12.0 Å². The van der Waals surface area contributed by atoms with Crippen molar-refractivity contribution < 1.29 is 0 Å². The van der Waals surface area contributed by atoms with E-state index in [-0.39, 0.29) is 5.41 Å². The second-order valence-electron chi connectivity index (χ2n) is 7.00. The van der Waals surface area contributed by atoms with Crippen molar-refractivity contribution in [2.45, 2.75) is 70.9 Å². The van der Waals surface area contributed by atoms with E-state index in [1.807, 2.05) is 0 Å². The minimum atomic E-state index is 0.243. The molecular formula is C18H29N. The van der Waals surface area contributed by atoms with Crippen molar-refractivity contribution >= 4 is 0 Å². The first-order chi connectivity index (χ1) is 8.99. The van der Waals surface area contributed by atoms with Crippen molar-refractivity contribution in [2.75, 3.05) is 0 Å². The fourth-order valence-electron chi connectivity index (χ4n) is 3.36. The first-order valence-corrected chi connectivity index (χ1v) is 7.80. The summed E-state index contributed by atoms with van der Waals surface area (Å²) in [5.41, 5.74) is 1.69. The van der Waals surface area contributed by atoms with Gasteiger partial charge in [-0.2, -0.15) is 0 Å². The Bertz CT molecular complexity index is 378. The lowest BCUT2D eigenvalue weighted by Gasteiger charge is -2.36. The summed E-state index contributed by atoms with van der Waals surface area (Å²) in [5, 5.41) is 3.81. The molecule has 1 aromatic rings. The van der Waals surface area contributed by atoms with E-state index in [4.69, 9.17) is 0 Å². The van der Waals surface area contributed by atoms with Gasteiger partial charge in [-0.1, -0.05) is 50.6 Å². The SMILES string of the molecule is CC(CC(C)(C)c1ccccc1)NC(C)C1CCC1. The van der Waals surface area contributed by atoms with E-state index in [1.54, 1.807) is 0 Å². The average molecular weight is 259 g/mol. The molecule has 0 aromatic heterocycles. The van der Waals surface area contributed by atoms with E-state index in [2.05, 4.69) is 63.3 Å². The maximum atomic E-state index is 3.81. The predicted molar refractivity (Wildman–Crippen MR) is 83.5 cm³/mol. The van der Waals surface area contributed by atoms with Crippen LogP contribution in [0.2, 0.25) is 0 Å². The molecule has 19 heavy (non-hydrogen) atoms. The summed E-state index contributed by atoms with van der Waals surface area (Å²) in [6.45, 7) is 9.40. The van der Waals surface area contributed by atoms with Crippen molar-refractivity contribution in [2.24, 2.45) is 5.92 Å². The smallest absolute Gasteiger partial charge is 0.00694 e. The van der Waals surface area contributed by atoms with Gasteiger partial charge in [0.1, 0.15) is 0 Å². The molecule has 0 radical (unpaired) electrons. The van der Waals surface area contributed by atoms with Gasteiger partial charge in [0.05, 0.1) is 0 Å². The number of nitrogens with one attached hydrogen (secondary N) is 1. The molecule has 2 unspecified atom stereocenters. The molecule has 0 aliphatic heterocycles. The van der Waals surface area contributed by atoms with Crippen LogP contribution in [-0.2, 0) is 5.41 Å². The quantitative estimate of drug-likeness (QED) is 0.792. The molecule has 1 N–H and O–H groups in total. The standard InChI is InChI=1S/C18H29N/c1-14(19-15(2)16-9-8-10-16)13-18(3,4)17-11-6-5-7-12-17/h5-7,11-12,14-16,19H,8-10,13H2,1-4H3. The van der Waals surface area contributed by atoms with Crippen molar-refractivity contribution in [1.82, 2.24) is 5.32 Å². The Labute approximate surface area is 118 Å². The molecule has 0 bridgehead atoms. The highest BCUT2D eigenvalue weighted by Crippen LogP contribution is 2.31. The highest BCUT2D eigenvalue weighted by atomic mass is 14.9. The van der Waals surface area contributed by atoms with Crippen LogP contribution in [-0.4, -0.2) is 12.1 Å². The molecule has 1 fully saturated rings. The molecule has 106 valence electrons. The van der Waals surface area contributed by atoms with Crippen LogP contribution in [0, 0.1) is 5.92 Å².